The molecule has 1 aliphatic rings. The second-order valence-electron chi connectivity index (χ2n) is 4.82. The lowest BCUT2D eigenvalue weighted by Gasteiger charge is -2.21. The number of benzene rings is 1. The molecule has 2 unspecified atom stereocenters. The van der Waals surface area contributed by atoms with E-state index in [0.29, 0.717) is 0 Å². The van der Waals surface area contributed by atoms with Gasteiger partial charge in [0.1, 0.15) is 0 Å². The van der Waals surface area contributed by atoms with Gasteiger partial charge in [-0.1, -0.05) is 43.0 Å². The molecule has 0 radical (unpaired) electrons. The molecular formula is C14H19ClO. The van der Waals surface area contributed by atoms with E-state index < -0.39 is 0 Å². The standard InChI is InChI=1S/C14H19ClO/c1-10-7-8-11(9-13(10)15)12-5-3-2-4-6-14(12)16/h7-9,12,14,16H,2-6H2,1H3. The zero-order valence-electron chi connectivity index (χ0n) is 9.75. The van der Waals surface area contributed by atoms with Crippen molar-refractivity contribution in [3.63, 3.8) is 0 Å². The number of aliphatic hydroxyl groups is 1. The lowest BCUT2D eigenvalue weighted by Crippen LogP contribution is -2.16. The molecule has 1 aromatic rings. The van der Waals surface area contributed by atoms with Gasteiger partial charge in [-0.15, -0.1) is 0 Å². The van der Waals surface area contributed by atoms with E-state index in [1.54, 1.807) is 0 Å². The summed E-state index contributed by atoms with van der Waals surface area (Å²) in [6.45, 7) is 2.01. The van der Waals surface area contributed by atoms with Gasteiger partial charge in [0.25, 0.3) is 0 Å². The topological polar surface area (TPSA) is 20.2 Å². The van der Waals surface area contributed by atoms with Crippen molar-refractivity contribution in [2.75, 3.05) is 0 Å². The fourth-order valence-corrected chi connectivity index (χ4v) is 2.71. The van der Waals surface area contributed by atoms with Crippen LogP contribution in [0, 0.1) is 6.92 Å². The zero-order valence-corrected chi connectivity index (χ0v) is 10.5. The van der Waals surface area contributed by atoms with Crippen molar-refractivity contribution in [2.45, 2.75) is 51.0 Å². The number of rotatable bonds is 1. The smallest absolute Gasteiger partial charge is 0.0608 e. The zero-order chi connectivity index (χ0) is 11.5. The molecule has 1 fully saturated rings. The molecule has 0 bridgehead atoms. The average molecular weight is 239 g/mol. The summed E-state index contributed by atoms with van der Waals surface area (Å²) < 4.78 is 0. The maximum absolute atomic E-state index is 10.1. The molecule has 0 heterocycles. The summed E-state index contributed by atoms with van der Waals surface area (Å²) in [4.78, 5) is 0. The predicted octanol–water partition coefficient (Wildman–Crippen LogP) is 4.06. The Morgan fingerprint density at radius 3 is 2.69 bits per heavy atom. The van der Waals surface area contributed by atoms with E-state index in [-0.39, 0.29) is 12.0 Å². The first kappa shape index (κ1) is 11.9. The normalized spacial score (nSPS) is 26.4. The first-order valence-corrected chi connectivity index (χ1v) is 6.50. The molecule has 0 saturated heterocycles. The maximum atomic E-state index is 10.1. The fraction of sp³-hybridized carbons (Fsp3) is 0.571. The molecule has 16 heavy (non-hydrogen) atoms. The fourth-order valence-electron chi connectivity index (χ4n) is 2.52. The number of aliphatic hydroxyl groups excluding tert-OH is 1. The van der Waals surface area contributed by atoms with E-state index in [9.17, 15) is 5.11 Å². The van der Waals surface area contributed by atoms with Gasteiger partial charge in [-0.05, 0) is 37.0 Å². The second kappa shape index (κ2) is 5.20. The molecule has 0 amide bonds. The second-order valence-corrected chi connectivity index (χ2v) is 5.23. The van der Waals surface area contributed by atoms with Crippen molar-refractivity contribution >= 4 is 11.6 Å². The third-order valence-electron chi connectivity index (χ3n) is 3.60. The Balaban J connectivity index is 2.23. The van der Waals surface area contributed by atoms with Crippen LogP contribution in [0.25, 0.3) is 0 Å². The van der Waals surface area contributed by atoms with Gasteiger partial charge in [-0.2, -0.15) is 0 Å². The molecule has 1 saturated carbocycles. The summed E-state index contributed by atoms with van der Waals surface area (Å²) in [5.41, 5.74) is 2.30. The molecule has 1 aliphatic carbocycles. The van der Waals surface area contributed by atoms with E-state index in [4.69, 9.17) is 11.6 Å². The highest BCUT2D eigenvalue weighted by atomic mass is 35.5. The first-order chi connectivity index (χ1) is 7.68. The largest absolute Gasteiger partial charge is 0.392 e. The maximum Gasteiger partial charge on any atom is 0.0608 e. The van der Waals surface area contributed by atoms with Crippen LogP contribution in [0.15, 0.2) is 18.2 Å². The average Bonchev–Trinajstić information content (AvgIpc) is 2.47. The highest BCUT2D eigenvalue weighted by molar-refractivity contribution is 6.31. The lowest BCUT2D eigenvalue weighted by molar-refractivity contribution is 0.135. The van der Waals surface area contributed by atoms with Crippen LogP contribution in [-0.2, 0) is 0 Å². The third-order valence-corrected chi connectivity index (χ3v) is 4.01. The van der Waals surface area contributed by atoms with Crippen LogP contribution < -0.4 is 0 Å². The Labute approximate surface area is 102 Å². The van der Waals surface area contributed by atoms with Gasteiger partial charge in [-0.3, -0.25) is 0 Å². The van der Waals surface area contributed by atoms with Crippen LogP contribution in [0.5, 0.6) is 0 Å². The molecule has 1 nitrogen and oxygen atoms in total. The van der Waals surface area contributed by atoms with Crippen LogP contribution in [0.3, 0.4) is 0 Å². The Kier molecular flexibility index (Phi) is 3.88. The summed E-state index contributed by atoms with van der Waals surface area (Å²) in [7, 11) is 0. The third kappa shape index (κ3) is 2.58. The number of hydrogen-bond donors (Lipinski definition) is 1. The van der Waals surface area contributed by atoms with Gasteiger partial charge >= 0.3 is 0 Å². The highest BCUT2D eigenvalue weighted by Gasteiger charge is 2.23. The highest BCUT2D eigenvalue weighted by Crippen LogP contribution is 2.33. The van der Waals surface area contributed by atoms with Gasteiger partial charge < -0.3 is 5.11 Å². The SMILES string of the molecule is Cc1ccc(C2CCCCCC2O)cc1Cl. The Morgan fingerprint density at radius 2 is 1.94 bits per heavy atom. The molecule has 1 N–H and O–H groups in total. The minimum Gasteiger partial charge on any atom is -0.392 e. The van der Waals surface area contributed by atoms with Crippen molar-refractivity contribution in [3.05, 3.63) is 34.3 Å². The van der Waals surface area contributed by atoms with Crippen LogP contribution in [0.4, 0.5) is 0 Å². The van der Waals surface area contributed by atoms with E-state index in [2.05, 4.69) is 12.1 Å². The van der Waals surface area contributed by atoms with Gasteiger partial charge in [-0.25, -0.2) is 0 Å². The quantitative estimate of drug-likeness (QED) is 0.732. The van der Waals surface area contributed by atoms with Crippen molar-refractivity contribution in [1.29, 1.82) is 0 Å². The summed E-state index contributed by atoms with van der Waals surface area (Å²) in [6, 6.07) is 6.19. The van der Waals surface area contributed by atoms with Gasteiger partial charge in [0, 0.05) is 10.9 Å². The van der Waals surface area contributed by atoms with Gasteiger partial charge in [0.2, 0.25) is 0 Å². The van der Waals surface area contributed by atoms with Crippen LogP contribution in [0.2, 0.25) is 5.02 Å². The summed E-state index contributed by atoms with van der Waals surface area (Å²) in [5, 5.41) is 10.9. The minimum absolute atomic E-state index is 0.193. The number of aryl methyl sites for hydroxylation is 1. The van der Waals surface area contributed by atoms with Crippen LogP contribution >= 0.6 is 11.6 Å². The van der Waals surface area contributed by atoms with E-state index in [1.165, 1.54) is 18.4 Å². The predicted molar refractivity (Wildman–Crippen MR) is 68.0 cm³/mol. The summed E-state index contributed by atoms with van der Waals surface area (Å²) in [6.07, 6.45) is 5.43. The summed E-state index contributed by atoms with van der Waals surface area (Å²) >= 11 is 6.14. The first-order valence-electron chi connectivity index (χ1n) is 6.12. The molecule has 1 aromatic carbocycles. The minimum atomic E-state index is -0.193. The van der Waals surface area contributed by atoms with Gasteiger partial charge in [0.05, 0.1) is 6.10 Å². The van der Waals surface area contributed by atoms with Crippen LogP contribution in [0.1, 0.15) is 49.1 Å². The Morgan fingerprint density at radius 1 is 1.19 bits per heavy atom. The van der Waals surface area contributed by atoms with Crippen molar-refractivity contribution in [3.8, 4) is 0 Å². The van der Waals surface area contributed by atoms with E-state index in [0.717, 1.165) is 29.8 Å². The van der Waals surface area contributed by atoms with E-state index in [1.807, 2.05) is 13.0 Å². The Hall–Kier alpha value is -0.530. The molecule has 2 atom stereocenters. The molecular weight excluding hydrogens is 220 g/mol. The molecule has 0 spiro atoms. The molecule has 0 aliphatic heterocycles. The number of halogens is 1. The van der Waals surface area contributed by atoms with E-state index >= 15 is 0 Å². The molecule has 2 rings (SSSR count). The lowest BCUT2D eigenvalue weighted by atomic mass is 9.89. The summed E-state index contributed by atoms with van der Waals surface area (Å²) in [5.74, 6) is 0.278. The monoisotopic (exact) mass is 238 g/mol. The molecule has 2 heteroatoms. The molecule has 88 valence electrons. The van der Waals surface area contributed by atoms with Gasteiger partial charge in [0.15, 0.2) is 0 Å². The van der Waals surface area contributed by atoms with Crippen LogP contribution in [-0.4, -0.2) is 11.2 Å². The molecule has 0 aromatic heterocycles. The number of hydrogen-bond acceptors (Lipinski definition) is 1. The Bertz CT molecular complexity index is 362. The van der Waals surface area contributed by atoms with Crippen molar-refractivity contribution in [1.82, 2.24) is 0 Å². The van der Waals surface area contributed by atoms with Crippen molar-refractivity contribution in [2.24, 2.45) is 0 Å². The van der Waals surface area contributed by atoms with Crippen molar-refractivity contribution < 1.29 is 5.11 Å².